The molecule has 0 aliphatic carbocycles. The summed E-state index contributed by atoms with van der Waals surface area (Å²) in [5, 5.41) is 11.9. The number of benzene rings is 2. The average Bonchev–Trinajstić information content (AvgIpc) is 3.18. The fourth-order valence-electron chi connectivity index (χ4n) is 3.29. The maximum absolute atomic E-state index is 12.9. The van der Waals surface area contributed by atoms with Crippen LogP contribution >= 0.6 is 0 Å². The van der Waals surface area contributed by atoms with Gasteiger partial charge in [0.2, 0.25) is 5.91 Å². The van der Waals surface area contributed by atoms with E-state index in [4.69, 9.17) is 0 Å². The Morgan fingerprint density at radius 2 is 1.57 bits per heavy atom. The number of carbonyl (C=O) groups is 3. The lowest BCUT2D eigenvalue weighted by molar-refractivity contribution is -0.123. The monoisotopic (exact) mass is 377 g/mol. The lowest BCUT2D eigenvalue weighted by atomic mass is 10.1. The number of carbonyl (C=O) groups excluding carboxylic acids is 3. The molecule has 1 N–H and O–H groups in total. The van der Waals surface area contributed by atoms with E-state index >= 15 is 0 Å². The van der Waals surface area contributed by atoms with E-state index < -0.39 is 23.9 Å². The second kappa shape index (κ2) is 6.88. The van der Waals surface area contributed by atoms with Crippen LogP contribution in [0.1, 0.15) is 11.1 Å². The molecule has 2 aliphatic rings. The highest BCUT2D eigenvalue weighted by molar-refractivity contribution is 6.25. The fourth-order valence-corrected chi connectivity index (χ4v) is 3.29. The van der Waals surface area contributed by atoms with Crippen molar-refractivity contribution in [2.45, 2.75) is 25.9 Å². The number of imide groups is 1. The van der Waals surface area contributed by atoms with Crippen LogP contribution in [0.3, 0.4) is 0 Å². The first kappa shape index (κ1) is 17.8. The number of hydrogen-bond donors (Lipinski definition) is 1. The minimum atomic E-state index is -0.916. The van der Waals surface area contributed by atoms with Gasteiger partial charge < -0.3 is 5.32 Å². The van der Waals surface area contributed by atoms with Crippen LogP contribution in [0.15, 0.2) is 58.9 Å². The summed E-state index contributed by atoms with van der Waals surface area (Å²) in [6.45, 7) is 3.72. The molecule has 2 heterocycles. The second-order valence-corrected chi connectivity index (χ2v) is 6.95. The molecule has 142 valence electrons. The zero-order valence-electron chi connectivity index (χ0n) is 15.5. The lowest BCUT2D eigenvalue weighted by Crippen LogP contribution is -2.43. The van der Waals surface area contributed by atoms with Gasteiger partial charge in [-0.3, -0.25) is 19.4 Å². The molecule has 2 atom stereocenters. The molecule has 0 bridgehead atoms. The van der Waals surface area contributed by atoms with Gasteiger partial charge in [0, 0.05) is 5.69 Å². The van der Waals surface area contributed by atoms with Crippen molar-refractivity contribution in [1.82, 2.24) is 5.01 Å². The van der Waals surface area contributed by atoms with E-state index in [0.717, 1.165) is 16.0 Å². The lowest BCUT2D eigenvalue weighted by Gasteiger charge is -2.20. The molecule has 2 aromatic carbocycles. The predicted octanol–water partition coefficient (Wildman–Crippen LogP) is 2.24. The number of rotatable bonds is 4. The number of nitrogens with zero attached hydrogens (tertiary/aromatic N) is 4. The average molecular weight is 377 g/mol. The number of nitrogens with one attached hydrogen (secondary N) is 1. The van der Waals surface area contributed by atoms with E-state index in [2.05, 4.69) is 15.7 Å². The largest absolute Gasteiger partial charge is 0.324 e. The summed E-state index contributed by atoms with van der Waals surface area (Å²) < 4.78 is 0. The quantitative estimate of drug-likeness (QED) is 0.827. The molecule has 1 fully saturated rings. The van der Waals surface area contributed by atoms with Crippen LogP contribution in [0.4, 0.5) is 11.4 Å². The predicted molar refractivity (Wildman–Crippen MR) is 103 cm³/mol. The minimum Gasteiger partial charge on any atom is -0.324 e. The van der Waals surface area contributed by atoms with E-state index in [1.165, 1.54) is 5.01 Å². The first-order chi connectivity index (χ1) is 13.4. The molecule has 8 heteroatoms. The molecular weight excluding hydrogens is 358 g/mol. The van der Waals surface area contributed by atoms with Crippen molar-refractivity contribution in [3.05, 3.63) is 59.7 Å². The van der Waals surface area contributed by atoms with Crippen LogP contribution in [0.25, 0.3) is 0 Å². The molecule has 0 saturated carbocycles. The second-order valence-electron chi connectivity index (χ2n) is 6.95. The van der Waals surface area contributed by atoms with Crippen LogP contribution in [-0.4, -0.2) is 41.4 Å². The zero-order chi connectivity index (χ0) is 19.8. The smallest absolute Gasteiger partial charge is 0.263 e. The van der Waals surface area contributed by atoms with Gasteiger partial charge in [0.15, 0.2) is 12.1 Å². The Bertz CT molecular complexity index is 968. The first-order valence-electron chi connectivity index (χ1n) is 8.92. The molecule has 8 nitrogen and oxygen atoms in total. The van der Waals surface area contributed by atoms with E-state index in [0.29, 0.717) is 11.4 Å². The van der Waals surface area contributed by atoms with Crippen LogP contribution < -0.4 is 10.2 Å². The normalized spacial score (nSPS) is 20.6. The Labute approximate surface area is 161 Å². The summed E-state index contributed by atoms with van der Waals surface area (Å²) in [5.74, 6) is -1.19. The molecular formula is C20H19N5O3. The summed E-state index contributed by atoms with van der Waals surface area (Å²) in [5.41, 5.74) is 3.25. The third kappa shape index (κ3) is 3.13. The number of anilines is 2. The van der Waals surface area contributed by atoms with Crippen molar-refractivity contribution < 1.29 is 14.4 Å². The standard InChI is InChI=1S/C20H19N5O3/c1-12-3-7-14(8-4-12)21-16(26)11-24-18-17(22-23-24)19(27)25(20(18)28)15-9-5-13(2)6-10-15/h3-10,17-18H,11H2,1-2H3,(H,21,26)/t17-,18-/m0/s1. The Kier molecular flexibility index (Phi) is 4.38. The summed E-state index contributed by atoms with van der Waals surface area (Å²) in [7, 11) is 0. The van der Waals surface area contributed by atoms with Gasteiger partial charge in [-0.1, -0.05) is 40.6 Å². The maximum atomic E-state index is 12.9. The van der Waals surface area contributed by atoms with Crippen molar-refractivity contribution >= 4 is 29.1 Å². The first-order valence-corrected chi connectivity index (χ1v) is 8.92. The van der Waals surface area contributed by atoms with Gasteiger partial charge in [0.05, 0.1) is 5.69 Å². The van der Waals surface area contributed by atoms with Crippen LogP contribution in [0.2, 0.25) is 0 Å². The van der Waals surface area contributed by atoms with Gasteiger partial charge in [-0.25, -0.2) is 4.90 Å². The number of hydrogen-bond acceptors (Lipinski definition) is 6. The number of amides is 3. The van der Waals surface area contributed by atoms with Gasteiger partial charge >= 0.3 is 0 Å². The summed E-state index contributed by atoms with van der Waals surface area (Å²) in [4.78, 5) is 39.0. The highest BCUT2D eigenvalue weighted by Gasteiger charge is 2.55. The molecule has 3 amide bonds. The van der Waals surface area contributed by atoms with E-state index in [9.17, 15) is 14.4 Å². The highest BCUT2D eigenvalue weighted by atomic mass is 16.2. The van der Waals surface area contributed by atoms with Gasteiger partial charge in [-0.05, 0) is 38.1 Å². The van der Waals surface area contributed by atoms with Crippen LogP contribution in [-0.2, 0) is 14.4 Å². The van der Waals surface area contributed by atoms with Gasteiger partial charge in [-0.15, -0.1) is 0 Å². The van der Waals surface area contributed by atoms with Crippen molar-refractivity contribution in [2.75, 3.05) is 16.8 Å². The molecule has 2 aromatic rings. The molecule has 0 aromatic heterocycles. The molecule has 0 unspecified atom stereocenters. The van der Waals surface area contributed by atoms with Crippen LogP contribution in [0.5, 0.6) is 0 Å². The topological polar surface area (TPSA) is 94.4 Å². The Morgan fingerprint density at radius 1 is 0.964 bits per heavy atom. The summed E-state index contributed by atoms with van der Waals surface area (Å²) >= 11 is 0. The van der Waals surface area contributed by atoms with Crippen molar-refractivity contribution in [3.63, 3.8) is 0 Å². The van der Waals surface area contributed by atoms with Crippen molar-refractivity contribution in [3.8, 4) is 0 Å². The van der Waals surface area contributed by atoms with Gasteiger partial charge in [0.25, 0.3) is 11.8 Å². The summed E-state index contributed by atoms with van der Waals surface area (Å²) in [6, 6.07) is 12.7. The van der Waals surface area contributed by atoms with Crippen LogP contribution in [0, 0.1) is 13.8 Å². The fraction of sp³-hybridized carbons (Fsp3) is 0.250. The molecule has 0 radical (unpaired) electrons. The Balaban J connectivity index is 1.48. The Morgan fingerprint density at radius 3 is 2.21 bits per heavy atom. The molecule has 2 aliphatic heterocycles. The minimum absolute atomic E-state index is 0.167. The number of aryl methyl sites for hydroxylation is 2. The third-order valence-corrected chi connectivity index (χ3v) is 4.79. The van der Waals surface area contributed by atoms with Crippen molar-refractivity contribution in [1.29, 1.82) is 0 Å². The molecule has 4 rings (SSSR count). The SMILES string of the molecule is Cc1ccc(NC(=O)CN2N=N[C@@H]3C(=O)N(c4ccc(C)cc4)C(=O)[C@H]32)cc1. The highest BCUT2D eigenvalue weighted by Crippen LogP contribution is 2.31. The maximum Gasteiger partial charge on any atom is 0.263 e. The summed E-state index contributed by atoms with van der Waals surface area (Å²) in [6.07, 6.45) is 0. The molecule has 0 spiro atoms. The number of fused-ring (bicyclic) bond motifs is 1. The Hall–Kier alpha value is -3.55. The zero-order valence-corrected chi connectivity index (χ0v) is 15.5. The van der Waals surface area contributed by atoms with E-state index in [-0.39, 0.29) is 12.5 Å². The van der Waals surface area contributed by atoms with Gasteiger partial charge in [-0.2, -0.15) is 5.11 Å². The molecule has 1 saturated heterocycles. The molecule has 28 heavy (non-hydrogen) atoms. The van der Waals surface area contributed by atoms with Crippen molar-refractivity contribution in [2.24, 2.45) is 10.3 Å². The third-order valence-electron chi connectivity index (χ3n) is 4.79. The van der Waals surface area contributed by atoms with Gasteiger partial charge in [0.1, 0.15) is 6.54 Å². The van der Waals surface area contributed by atoms with E-state index in [1.54, 1.807) is 24.3 Å². The van der Waals surface area contributed by atoms with E-state index in [1.807, 2.05) is 38.1 Å².